The maximum absolute atomic E-state index is 12.4. The highest BCUT2D eigenvalue weighted by molar-refractivity contribution is 5.86. The molecule has 0 bridgehead atoms. The van der Waals surface area contributed by atoms with E-state index >= 15 is 0 Å². The maximum atomic E-state index is 12.4. The minimum atomic E-state index is -0.995. The number of carboxylic acid groups (broad SMARTS) is 1. The maximum Gasteiger partial charge on any atom is 0.326 e. The molecule has 1 saturated heterocycles. The van der Waals surface area contributed by atoms with Gasteiger partial charge in [0.2, 0.25) is 11.8 Å². The van der Waals surface area contributed by atoms with E-state index in [1.165, 1.54) is 0 Å². The molecule has 6 heteroatoms. The van der Waals surface area contributed by atoms with Gasteiger partial charge in [-0.3, -0.25) is 9.59 Å². The number of carboxylic acids is 1. The molecule has 0 aromatic carbocycles. The van der Waals surface area contributed by atoms with Crippen molar-refractivity contribution in [1.29, 1.82) is 0 Å². The topological polar surface area (TPSA) is 86.7 Å². The molecule has 1 fully saturated rings. The minimum absolute atomic E-state index is 0.0377. The fourth-order valence-electron chi connectivity index (χ4n) is 2.81. The second-order valence-corrected chi connectivity index (χ2v) is 7.38. The number of rotatable bonds is 6. The van der Waals surface area contributed by atoms with E-state index < -0.39 is 17.4 Å². The first kappa shape index (κ1) is 19.5. The summed E-state index contributed by atoms with van der Waals surface area (Å²) in [6, 6.07) is -0.837. The molecular weight excluding hydrogens is 296 g/mol. The lowest BCUT2D eigenvalue weighted by molar-refractivity contribution is -0.145. The molecule has 1 aliphatic rings. The van der Waals surface area contributed by atoms with Crippen molar-refractivity contribution in [3.63, 3.8) is 0 Å². The minimum Gasteiger partial charge on any atom is -0.480 e. The van der Waals surface area contributed by atoms with Gasteiger partial charge in [-0.05, 0) is 19.3 Å². The number of unbranched alkanes of at least 4 members (excludes halogenated alkanes) is 1. The summed E-state index contributed by atoms with van der Waals surface area (Å²) < 4.78 is 0. The zero-order chi connectivity index (χ0) is 17.6. The van der Waals surface area contributed by atoms with E-state index in [-0.39, 0.29) is 17.7 Å². The van der Waals surface area contributed by atoms with Crippen LogP contribution in [0.5, 0.6) is 0 Å². The lowest BCUT2D eigenvalue weighted by atomic mass is 9.90. The van der Waals surface area contributed by atoms with Crippen molar-refractivity contribution in [3.8, 4) is 0 Å². The summed E-state index contributed by atoms with van der Waals surface area (Å²) in [4.78, 5) is 37.7. The van der Waals surface area contributed by atoms with Crippen LogP contribution in [-0.4, -0.2) is 46.9 Å². The quantitative estimate of drug-likeness (QED) is 0.782. The predicted molar refractivity (Wildman–Crippen MR) is 87.9 cm³/mol. The summed E-state index contributed by atoms with van der Waals surface area (Å²) >= 11 is 0. The number of piperidine rings is 1. The molecule has 0 saturated carbocycles. The Morgan fingerprint density at radius 1 is 1.30 bits per heavy atom. The number of aliphatic carboxylic acids is 1. The SMILES string of the molecule is CCCC[C@H](NC(=O)C1CCCN(C(=O)C(C)(C)C)C1)C(=O)O. The van der Waals surface area contributed by atoms with Crippen LogP contribution in [0, 0.1) is 11.3 Å². The Morgan fingerprint density at radius 3 is 2.48 bits per heavy atom. The molecule has 1 unspecified atom stereocenters. The summed E-state index contributed by atoms with van der Waals surface area (Å²) in [7, 11) is 0. The molecule has 0 aliphatic carbocycles. The Bertz CT molecular complexity index is 442. The summed E-state index contributed by atoms with van der Waals surface area (Å²) in [5.74, 6) is -1.53. The van der Waals surface area contributed by atoms with Crippen molar-refractivity contribution in [1.82, 2.24) is 10.2 Å². The lowest BCUT2D eigenvalue weighted by Gasteiger charge is -2.36. The Morgan fingerprint density at radius 2 is 1.96 bits per heavy atom. The molecule has 132 valence electrons. The zero-order valence-electron chi connectivity index (χ0n) is 14.7. The van der Waals surface area contributed by atoms with Crippen LogP contribution in [0.15, 0.2) is 0 Å². The van der Waals surface area contributed by atoms with Crippen molar-refractivity contribution in [2.75, 3.05) is 13.1 Å². The Hall–Kier alpha value is -1.59. The predicted octanol–water partition coefficient (Wildman–Crippen LogP) is 2.03. The van der Waals surface area contributed by atoms with Gasteiger partial charge in [0.1, 0.15) is 6.04 Å². The molecule has 2 atom stereocenters. The highest BCUT2D eigenvalue weighted by Gasteiger charge is 2.34. The number of likely N-dealkylation sites (tertiary alicyclic amines) is 1. The molecule has 2 amide bonds. The van der Waals surface area contributed by atoms with Gasteiger partial charge in [-0.2, -0.15) is 0 Å². The summed E-state index contributed by atoms with van der Waals surface area (Å²) in [5.41, 5.74) is -0.469. The van der Waals surface area contributed by atoms with Gasteiger partial charge < -0.3 is 15.3 Å². The molecule has 0 aromatic heterocycles. The fraction of sp³-hybridized carbons (Fsp3) is 0.824. The first-order valence-corrected chi connectivity index (χ1v) is 8.49. The van der Waals surface area contributed by atoms with Gasteiger partial charge in [0, 0.05) is 18.5 Å². The summed E-state index contributed by atoms with van der Waals surface area (Å²) in [5, 5.41) is 11.9. The molecule has 23 heavy (non-hydrogen) atoms. The van der Waals surface area contributed by atoms with Crippen LogP contribution in [0.1, 0.15) is 59.8 Å². The van der Waals surface area contributed by atoms with Crippen LogP contribution >= 0.6 is 0 Å². The average molecular weight is 326 g/mol. The van der Waals surface area contributed by atoms with Crippen molar-refractivity contribution in [2.24, 2.45) is 11.3 Å². The third kappa shape index (κ3) is 5.84. The number of amides is 2. The van der Waals surface area contributed by atoms with E-state index in [1.54, 1.807) is 4.90 Å². The molecule has 0 spiro atoms. The van der Waals surface area contributed by atoms with Gasteiger partial charge in [-0.15, -0.1) is 0 Å². The van der Waals surface area contributed by atoms with Crippen LogP contribution in [0.3, 0.4) is 0 Å². The smallest absolute Gasteiger partial charge is 0.326 e. The number of nitrogens with one attached hydrogen (secondary N) is 1. The number of hydrogen-bond acceptors (Lipinski definition) is 3. The van der Waals surface area contributed by atoms with E-state index in [0.717, 1.165) is 19.3 Å². The van der Waals surface area contributed by atoms with Crippen molar-refractivity contribution < 1.29 is 19.5 Å². The zero-order valence-corrected chi connectivity index (χ0v) is 14.7. The van der Waals surface area contributed by atoms with E-state index in [4.69, 9.17) is 0 Å². The third-order valence-electron chi connectivity index (χ3n) is 4.18. The first-order valence-electron chi connectivity index (χ1n) is 8.49. The van der Waals surface area contributed by atoms with Crippen LogP contribution in [0.25, 0.3) is 0 Å². The van der Waals surface area contributed by atoms with Crippen molar-refractivity contribution in [2.45, 2.75) is 65.8 Å². The highest BCUT2D eigenvalue weighted by atomic mass is 16.4. The monoisotopic (exact) mass is 326 g/mol. The summed E-state index contributed by atoms with van der Waals surface area (Å²) in [6.45, 7) is 8.62. The standard InChI is InChI=1S/C17H30N2O4/c1-5-6-9-13(15(21)22)18-14(20)12-8-7-10-19(11-12)16(23)17(2,3)4/h12-13H,5-11H2,1-4H3,(H,18,20)(H,21,22)/t12?,13-/m0/s1. The normalized spacial score (nSPS) is 20.0. The van der Waals surface area contributed by atoms with E-state index in [2.05, 4.69) is 5.32 Å². The number of nitrogens with zero attached hydrogens (tertiary/aromatic N) is 1. The molecule has 0 aromatic rings. The van der Waals surface area contributed by atoms with Crippen LogP contribution in [0.4, 0.5) is 0 Å². The van der Waals surface area contributed by atoms with Crippen LogP contribution in [-0.2, 0) is 14.4 Å². The second-order valence-electron chi connectivity index (χ2n) is 7.38. The van der Waals surface area contributed by atoms with Crippen molar-refractivity contribution >= 4 is 17.8 Å². The first-order chi connectivity index (χ1) is 10.7. The molecule has 2 N–H and O–H groups in total. The molecular formula is C17H30N2O4. The molecule has 1 aliphatic heterocycles. The Labute approximate surface area is 138 Å². The average Bonchev–Trinajstić information content (AvgIpc) is 2.49. The third-order valence-corrected chi connectivity index (χ3v) is 4.18. The van der Waals surface area contributed by atoms with Gasteiger partial charge in [-0.25, -0.2) is 4.79 Å². The lowest BCUT2D eigenvalue weighted by Crippen LogP contribution is -2.51. The fourth-order valence-corrected chi connectivity index (χ4v) is 2.81. The highest BCUT2D eigenvalue weighted by Crippen LogP contribution is 2.23. The number of hydrogen-bond donors (Lipinski definition) is 2. The molecule has 1 heterocycles. The van der Waals surface area contributed by atoms with Crippen LogP contribution < -0.4 is 5.32 Å². The molecule has 0 radical (unpaired) electrons. The number of carbonyl (C=O) groups excluding carboxylic acids is 2. The molecule has 1 rings (SSSR count). The Balaban J connectivity index is 2.65. The largest absolute Gasteiger partial charge is 0.480 e. The van der Waals surface area contributed by atoms with Crippen LogP contribution in [0.2, 0.25) is 0 Å². The second kappa shape index (κ2) is 8.31. The van der Waals surface area contributed by atoms with Gasteiger partial charge in [0.15, 0.2) is 0 Å². The van der Waals surface area contributed by atoms with E-state index in [1.807, 2.05) is 27.7 Å². The molecule has 6 nitrogen and oxygen atoms in total. The van der Waals surface area contributed by atoms with E-state index in [0.29, 0.717) is 25.9 Å². The van der Waals surface area contributed by atoms with Gasteiger partial charge >= 0.3 is 5.97 Å². The number of carbonyl (C=O) groups is 3. The van der Waals surface area contributed by atoms with Gasteiger partial charge in [-0.1, -0.05) is 40.5 Å². The summed E-state index contributed by atoms with van der Waals surface area (Å²) in [6.07, 6.45) is 3.55. The van der Waals surface area contributed by atoms with Gasteiger partial charge in [0.05, 0.1) is 5.92 Å². The Kier molecular flexibility index (Phi) is 7.03. The van der Waals surface area contributed by atoms with E-state index in [9.17, 15) is 19.5 Å². The van der Waals surface area contributed by atoms with Gasteiger partial charge in [0.25, 0.3) is 0 Å². The van der Waals surface area contributed by atoms with Crippen molar-refractivity contribution in [3.05, 3.63) is 0 Å².